The Morgan fingerprint density at radius 1 is 1.31 bits per heavy atom. The molecule has 0 saturated carbocycles. The zero-order valence-electron chi connectivity index (χ0n) is 6.78. The number of carbonyl (C=O) groups excluding carboxylic acids is 1. The van der Waals surface area contributed by atoms with Gasteiger partial charge < -0.3 is 4.74 Å². The van der Waals surface area contributed by atoms with E-state index in [9.17, 15) is 4.79 Å². The quantitative estimate of drug-likeness (QED) is 0.746. The minimum Gasteiger partial charge on any atom is -0.361 e. The van der Waals surface area contributed by atoms with Crippen LogP contribution in [0, 0.1) is 0 Å². The summed E-state index contributed by atoms with van der Waals surface area (Å²) in [5.41, 5.74) is 0. The van der Waals surface area contributed by atoms with E-state index in [1.54, 1.807) is 0 Å². The first kappa shape index (κ1) is 14.1. The summed E-state index contributed by atoms with van der Waals surface area (Å²) in [6.45, 7) is 1.40. The van der Waals surface area contributed by atoms with Crippen molar-refractivity contribution < 1.29 is 9.53 Å². The van der Waals surface area contributed by atoms with Crippen molar-refractivity contribution in [3.8, 4) is 0 Å². The van der Waals surface area contributed by atoms with Crippen LogP contribution in [0.1, 0.15) is 6.92 Å². The van der Waals surface area contributed by atoms with Gasteiger partial charge in [0, 0.05) is 7.11 Å². The zero-order chi connectivity index (χ0) is 10.9. The number of hydrogen-bond acceptors (Lipinski definition) is 2. The van der Waals surface area contributed by atoms with Gasteiger partial charge in [-0.25, -0.2) is 0 Å². The molecular weight excluding hydrogens is 281 g/mol. The van der Waals surface area contributed by atoms with E-state index in [-0.39, 0.29) is 0 Å². The van der Waals surface area contributed by atoms with Crippen molar-refractivity contribution in [1.29, 1.82) is 0 Å². The lowest BCUT2D eigenvalue weighted by Crippen LogP contribution is -2.42. The van der Waals surface area contributed by atoms with E-state index in [1.165, 1.54) is 14.0 Å². The Labute approximate surface area is 101 Å². The average Bonchev–Trinajstić information content (AvgIpc) is 2.00. The number of hydrogen-bond donors (Lipinski definition) is 0. The molecule has 0 heterocycles. The van der Waals surface area contributed by atoms with Crippen molar-refractivity contribution in [1.82, 2.24) is 0 Å². The van der Waals surface area contributed by atoms with Gasteiger partial charge in [0.2, 0.25) is 9.58 Å². The highest BCUT2D eigenvalue weighted by atomic mass is 35.6. The van der Waals surface area contributed by atoms with Gasteiger partial charge in [-0.15, -0.1) is 11.6 Å². The highest BCUT2D eigenvalue weighted by Gasteiger charge is 2.44. The summed E-state index contributed by atoms with van der Waals surface area (Å²) in [5.74, 6) is -0.821. The fraction of sp³-hybridized carbons (Fsp3) is 0.833. The second-order valence-electron chi connectivity index (χ2n) is 2.41. The third kappa shape index (κ3) is 3.98. The maximum Gasteiger partial charge on any atom is 0.250 e. The molecule has 0 aliphatic carbocycles. The van der Waals surface area contributed by atoms with Crippen LogP contribution in [0.25, 0.3) is 0 Å². The normalized spacial score (nSPS) is 19.3. The first-order valence-corrected chi connectivity index (χ1v) is 5.07. The summed E-state index contributed by atoms with van der Waals surface area (Å²) in [5, 5.41) is -2.62. The number of ketones is 1. The van der Waals surface area contributed by atoms with Gasteiger partial charge in [-0.1, -0.05) is 46.4 Å². The summed E-state index contributed by atoms with van der Waals surface area (Å²) in [4.78, 5) is 11.3. The van der Waals surface area contributed by atoms with Gasteiger partial charge in [-0.2, -0.15) is 0 Å². The molecule has 0 saturated heterocycles. The Morgan fingerprint density at radius 2 is 1.69 bits per heavy atom. The van der Waals surface area contributed by atoms with Gasteiger partial charge in [0.1, 0.15) is 5.38 Å². The van der Waals surface area contributed by atoms with Crippen molar-refractivity contribution in [3.05, 3.63) is 0 Å². The zero-order valence-corrected chi connectivity index (χ0v) is 10.6. The van der Waals surface area contributed by atoms with E-state index in [0.717, 1.165) is 0 Å². The summed E-state index contributed by atoms with van der Waals surface area (Å²) in [6, 6.07) is 0. The van der Waals surface area contributed by atoms with Crippen LogP contribution in [0.4, 0.5) is 0 Å². The molecule has 0 aromatic heterocycles. The number of halogens is 5. The molecule has 2 nitrogen and oxygen atoms in total. The van der Waals surface area contributed by atoms with Crippen molar-refractivity contribution in [3.63, 3.8) is 0 Å². The number of methoxy groups -OCH3 is 1. The lowest BCUT2D eigenvalue weighted by Gasteiger charge is -2.26. The predicted octanol–water partition coefficient (Wildman–Crippen LogP) is 3.13. The lowest BCUT2D eigenvalue weighted by atomic mass is 10.2. The Morgan fingerprint density at radius 3 is 1.92 bits per heavy atom. The van der Waals surface area contributed by atoms with Crippen LogP contribution in [-0.2, 0) is 9.53 Å². The van der Waals surface area contributed by atoms with E-state index in [0.29, 0.717) is 0 Å². The van der Waals surface area contributed by atoms with Crippen LogP contribution in [0.3, 0.4) is 0 Å². The molecule has 0 spiro atoms. The molecule has 0 bridgehead atoms. The van der Waals surface area contributed by atoms with E-state index >= 15 is 0 Å². The van der Waals surface area contributed by atoms with Crippen molar-refractivity contribution in [2.75, 3.05) is 7.11 Å². The van der Waals surface area contributed by atoms with Gasteiger partial charge in [0.05, 0.1) is 0 Å². The van der Waals surface area contributed by atoms with Crippen molar-refractivity contribution in [2.24, 2.45) is 0 Å². The molecule has 0 aliphatic rings. The maximum atomic E-state index is 11.3. The van der Waals surface area contributed by atoms with Crippen LogP contribution in [0.2, 0.25) is 0 Å². The molecule has 0 aromatic rings. The van der Waals surface area contributed by atoms with Crippen LogP contribution in [-0.4, -0.2) is 27.1 Å². The van der Waals surface area contributed by atoms with Gasteiger partial charge >= 0.3 is 0 Å². The van der Waals surface area contributed by atoms with E-state index in [2.05, 4.69) is 0 Å². The minimum atomic E-state index is -2.08. The third-order valence-electron chi connectivity index (χ3n) is 1.36. The predicted molar refractivity (Wildman–Crippen MR) is 56.2 cm³/mol. The molecular formula is C6H7Cl5O2. The third-order valence-corrected chi connectivity index (χ3v) is 3.02. The SMILES string of the molecule is COC(C)(Cl)C(Cl)C(=O)C(Cl)(Cl)Cl. The number of ether oxygens (including phenoxy) is 1. The largest absolute Gasteiger partial charge is 0.361 e. The number of alkyl halides is 5. The summed E-state index contributed by atoms with van der Waals surface area (Å²) in [6.07, 6.45) is 0. The Hall–Kier alpha value is 1.08. The van der Waals surface area contributed by atoms with E-state index < -0.39 is 20.0 Å². The van der Waals surface area contributed by atoms with Gasteiger partial charge in [0.15, 0.2) is 5.06 Å². The molecule has 7 heteroatoms. The Kier molecular flexibility index (Phi) is 5.13. The monoisotopic (exact) mass is 286 g/mol. The smallest absolute Gasteiger partial charge is 0.250 e. The molecule has 2 unspecified atom stereocenters. The highest BCUT2D eigenvalue weighted by Crippen LogP contribution is 2.35. The molecule has 78 valence electrons. The molecule has 0 amide bonds. The van der Waals surface area contributed by atoms with Crippen molar-refractivity contribution >= 4 is 63.8 Å². The van der Waals surface area contributed by atoms with Crippen molar-refractivity contribution in [2.45, 2.75) is 21.2 Å². The van der Waals surface area contributed by atoms with Crippen LogP contribution < -0.4 is 0 Å². The summed E-state index contributed by atoms with van der Waals surface area (Å²) >= 11 is 27.3. The maximum absolute atomic E-state index is 11.3. The van der Waals surface area contributed by atoms with Crippen LogP contribution >= 0.6 is 58.0 Å². The number of rotatable bonds is 3. The standard InChI is InChI=1S/C6H7Cl5O2/c1-5(8,13-2)3(7)4(12)6(9,10)11/h3H,1-2H3. The number of Topliss-reactive ketones (excluding diaryl/α,β-unsaturated/α-hetero) is 1. The summed E-state index contributed by atoms with van der Waals surface area (Å²) < 4.78 is 2.67. The molecule has 2 atom stereocenters. The Bertz CT molecular complexity index is 198. The first-order chi connectivity index (χ1) is 5.63. The van der Waals surface area contributed by atoms with Gasteiger partial charge in [0.25, 0.3) is 0 Å². The lowest BCUT2D eigenvalue weighted by molar-refractivity contribution is -0.120. The minimum absolute atomic E-state index is 0.821. The molecule has 0 N–H and O–H groups in total. The molecule has 0 aromatic carbocycles. The number of carbonyl (C=O) groups is 1. The molecule has 13 heavy (non-hydrogen) atoms. The fourth-order valence-electron chi connectivity index (χ4n) is 0.481. The molecule has 0 radical (unpaired) electrons. The summed E-state index contributed by atoms with van der Waals surface area (Å²) in [7, 11) is 1.30. The van der Waals surface area contributed by atoms with Gasteiger partial charge in [-0.3, -0.25) is 4.79 Å². The average molecular weight is 288 g/mol. The molecule has 0 fully saturated rings. The highest BCUT2D eigenvalue weighted by molar-refractivity contribution is 6.77. The van der Waals surface area contributed by atoms with Crippen LogP contribution in [0.15, 0.2) is 0 Å². The topological polar surface area (TPSA) is 26.3 Å². The van der Waals surface area contributed by atoms with E-state index in [1.807, 2.05) is 0 Å². The second kappa shape index (κ2) is 4.73. The second-order valence-corrected chi connectivity index (χ2v) is 5.88. The first-order valence-electron chi connectivity index (χ1n) is 3.12. The van der Waals surface area contributed by atoms with Crippen LogP contribution in [0.5, 0.6) is 0 Å². The van der Waals surface area contributed by atoms with E-state index in [4.69, 9.17) is 62.7 Å². The Balaban J connectivity index is 4.62. The molecule has 0 aliphatic heterocycles. The molecule has 0 rings (SSSR count). The van der Waals surface area contributed by atoms with Gasteiger partial charge in [-0.05, 0) is 6.92 Å². The fourth-order valence-corrected chi connectivity index (χ4v) is 1.33.